The van der Waals surface area contributed by atoms with Gasteiger partial charge in [0.1, 0.15) is 11.4 Å². The van der Waals surface area contributed by atoms with E-state index in [9.17, 15) is 14.7 Å². The van der Waals surface area contributed by atoms with Crippen LogP contribution in [0.4, 0.5) is 0 Å². The van der Waals surface area contributed by atoms with Crippen molar-refractivity contribution in [1.82, 2.24) is 4.90 Å². The minimum absolute atomic E-state index is 0. The number of nitrogens with zero attached hydrogens (tertiary/aromatic N) is 2. The molecule has 0 aromatic carbocycles. The summed E-state index contributed by atoms with van der Waals surface area (Å²) in [5.74, 6) is -1.27. The average molecular weight is 394 g/mol. The Morgan fingerprint density at radius 3 is 2.83 bits per heavy atom. The van der Waals surface area contributed by atoms with E-state index in [0.29, 0.717) is 17.9 Å². The number of hydrogen-bond acceptors (Lipinski definition) is 6. The van der Waals surface area contributed by atoms with Crippen LogP contribution in [0, 0.1) is 0 Å². The molecule has 3 rings (SSSR count). The molecular formula is C14H17Cl2N3O4S. The van der Waals surface area contributed by atoms with Crippen LogP contribution in [0.5, 0.6) is 0 Å². The first-order valence-electron chi connectivity index (χ1n) is 6.75. The van der Waals surface area contributed by atoms with Gasteiger partial charge < -0.3 is 20.7 Å². The number of rotatable bonds is 4. The zero-order valence-electron chi connectivity index (χ0n) is 12.5. The molecule has 0 aliphatic carbocycles. The number of aliphatic carboxylic acids is 1. The molecule has 3 N–H and O–H groups in total. The van der Waals surface area contributed by atoms with E-state index in [0.717, 1.165) is 5.56 Å². The van der Waals surface area contributed by atoms with Gasteiger partial charge in [0.2, 0.25) is 5.91 Å². The van der Waals surface area contributed by atoms with Crippen molar-refractivity contribution in [2.75, 3.05) is 5.75 Å². The zero-order chi connectivity index (χ0) is 15.9. The summed E-state index contributed by atoms with van der Waals surface area (Å²) in [5, 5.41) is 20.3. The van der Waals surface area contributed by atoms with Crippen molar-refractivity contribution in [3.8, 4) is 0 Å². The summed E-state index contributed by atoms with van der Waals surface area (Å²) >= 11 is 1.45. The fourth-order valence-electron chi connectivity index (χ4n) is 2.68. The third kappa shape index (κ3) is 3.52. The van der Waals surface area contributed by atoms with Gasteiger partial charge in [-0.3, -0.25) is 9.69 Å². The molecule has 1 aromatic rings. The lowest BCUT2D eigenvalue weighted by molar-refractivity contribution is -0.689. The second kappa shape index (κ2) is 8.17. The number of β-lactam (4-membered cyclic amide) rings is 1. The monoisotopic (exact) mass is 393 g/mol. The Balaban J connectivity index is 0.00000144. The highest BCUT2D eigenvalue weighted by Gasteiger charge is 2.50. The summed E-state index contributed by atoms with van der Waals surface area (Å²) in [4.78, 5) is 24.5. The number of halogens is 2. The molecule has 0 radical (unpaired) electrons. The van der Waals surface area contributed by atoms with Gasteiger partial charge in [0.05, 0.1) is 18.3 Å². The lowest BCUT2D eigenvalue weighted by Crippen LogP contribution is -2.69. The zero-order valence-corrected chi connectivity index (χ0v) is 14.9. The van der Waals surface area contributed by atoms with E-state index in [-0.39, 0.29) is 48.4 Å². The smallest absolute Gasteiger partial charge is 0.248 e. The van der Waals surface area contributed by atoms with Crippen molar-refractivity contribution in [3.63, 3.8) is 0 Å². The summed E-state index contributed by atoms with van der Waals surface area (Å²) < 4.78 is 1.77. The number of hydrogen-bond donors (Lipinski definition) is 2. The number of carboxylic acid groups (broad SMARTS) is 1. The highest BCUT2D eigenvalue weighted by atomic mass is 35.5. The Kier molecular flexibility index (Phi) is 7.06. The fraction of sp³-hybridized carbons (Fsp3) is 0.357. The van der Waals surface area contributed by atoms with Crippen molar-refractivity contribution < 1.29 is 24.4 Å². The molecule has 7 nitrogen and oxygen atoms in total. The van der Waals surface area contributed by atoms with Gasteiger partial charge in [0.15, 0.2) is 18.9 Å². The molecule has 0 spiro atoms. The van der Waals surface area contributed by atoms with Crippen LogP contribution in [0.3, 0.4) is 0 Å². The molecule has 3 heterocycles. The summed E-state index contributed by atoms with van der Waals surface area (Å²) in [6.07, 6.45) is 3.51. The van der Waals surface area contributed by atoms with Crippen LogP contribution in [0.1, 0.15) is 5.56 Å². The van der Waals surface area contributed by atoms with Crippen molar-refractivity contribution in [1.29, 1.82) is 0 Å². The number of aliphatic hydroxyl groups excluding tert-OH is 1. The third-order valence-corrected chi connectivity index (χ3v) is 5.12. The molecule has 1 amide bonds. The van der Waals surface area contributed by atoms with Crippen molar-refractivity contribution in [2.24, 2.45) is 5.73 Å². The van der Waals surface area contributed by atoms with E-state index in [1.807, 2.05) is 0 Å². The number of aliphatic hydroxyl groups is 1. The number of carbonyl (C=O) groups excluding carboxylic acids is 2. The number of thioether (sulfide) groups is 1. The molecule has 1 fully saturated rings. The topological polar surface area (TPSA) is 111 Å². The van der Waals surface area contributed by atoms with Gasteiger partial charge in [-0.25, -0.2) is 4.57 Å². The van der Waals surface area contributed by atoms with Crippen LogP contribution in [-0.2, 0) is 22.7 Å². The highest BCUT2D eigenvalue weighted by Crippen LogP contribution is 2.39. The molecule has 2 aliphatic rings. The number of nitrogens with two attached hydrogens (primary N) is 1. The van der Waals surface area contributed by atoms with E-state index in [4.69, 9.17) is 10.8 Å². The standard InChI is InChI=1S/C14H15N3O4S.2ClH/c15-10-12(19)17-11(14(20)21)9(7-22-13(10)17)5-16-3-1-2-8(4-16)6-18;;/h1-4,10,13,18H,5-7,15H2;2*1H/t10?,13-;;/m1../s1. The van der Waals surface area contributed by atoms with Crippen molar-refractivity contribution in [2.45, 2.75) is 24.6 Å². The van der Waals surface area contributed by atoms with Gasteiger partial charge in [-0.2, -0.15) is 0 Å². The van der Waals surface area contributed by atoms with Crippen LogP contribution in [0.15, 0.2) is 35.8 Å². The van der Waals surface area contributed by atoms with E-state index < -0.39 is 12.0 Å². The Bertz CT molecular complexity index is 686. The quantitative estimate of drug-likeness (QED) is 0.478. The summed E-state index contributed by atoms with van der Waals surface area (Å²) in [6.45, 7) is 0.222. The first-order chi connectivity index (χ1) is 10.5. The van der Waals surface area contributed by atoms with Crippen LogP contribution in [-0.4, -0.2) is 39.1 Å². The maximum Gasteiger partial charge on any atom is 0.248 e. The predicted octanol–water partition coefficient (Wildman–Crippen LogP) is -1.44. The lowest BCUT2D eigenvalue weighted by Gasteiger charge is -2.49. The van der Waals surface area contributed by atoms with Crippen LogP contribution in [0.2, 0.25) is 0 Å². The van der Waals surface area contributed by atoms with Gasteiger partial charge >= 0.3 is 0 Å². The molecule has 2 aliphatic heterocycles. The number of aromatic nitrogens is 1. The number of fused-ring (bicyclic) bond motifs is 1. The Labute approximate surface area is 155 Å². The molecule has 0 saturated carbocycles. The fourth-order valence-corrected chi connectivity index (χ4v) is 3.96. The van der Waals surface area contributed by atoms with Crippen molar-refractivity contribution in [3.05, 3.63) is 41.4 Å². The second-order valence-corrected chi connectivity index (χ2v) is 6.32. The van der Waals surface area contributed by atoms with Crippen molar-refractivity contribution >= 4 is 48.5 Å². The summed E-state index contributed by atoms with van der Waals surface area (Å²) in [5.41, 5.74) is 6.94. The van der Waals surface area contributed by atoms with Gasteiger partial charge in [0.25, 0.3) is 0 Å². The summed E-state index contributed by atoms with van der Waals surface area (Å²) in [6, 6.07) is 2.90. The molecule has 1 saturated heterocycles. The van der Waals surface area contributed by atoms with Gasteiger partial charge in [-0.05, 0) is 6.07 Å². The highest BCUT2D eigenvalue weighted by molar-refractivity contribution is 8.00. The van der Waals surface area contributed by atoms with E-state index >= 15 is 0 Å². The maximum absolute atomic E-state index is 11.8. The number of amides is 1. The van der Waals surface area contributed by atoms with E-state index in [1.54, 1.807) is 29.1 Å². The normalized spacial score (nSPS) is 22.1. The van der Waals surface area contributed by atoms with Crippen LogP contribution >= 0.6 is 36.6 Å². The molecule has 132 valence electrons. The van der Waals surface area contributed by atoms with Crippen LogP contribution in [0.25, 0.3) is 0 Å². The number of pyridine rings is 1. The molecule has 0 bridgehead atoms. The predicted molar refractivity (Wildman–Crippen MR) is 90.2 cm³/mol. The Hall–Kier alpha value is -1.32. The van der Waals surface area contributed by atoms with Gasteiger partial charge in [-0.15, -0.1) is 36.6 Å². The van der Waals surface area contributed by atoms with E-state index in [2.05, 4.69) is 0 Å². The largest absolute Gasteiger partial charge is 0.543 e. The lowest BCUT2D eigenvalue weighted by atomic mass is 10.0. The van der Waals surface area contributed by atoms with Gasteiger partial charge in [0, 0.05) is 23.0 Å². The van der Waals surface area contributed by atoms with Gasteiger partial charge in [-0.1, -0.05) is 0 Å². The molecular weight excluding hydrogens is 377 g/mol. The molecule has 24 heavy (non-hydrogen) atoms. The molecule has 1 aromatic heterocycles. The Morgan fingerprint density at radius 2 is 2.21 bits per heavy atom. The van der Waals surface area contributed by atoms with E-state index in [1.165, 1.54) is 16.7 Å². The number of carbonyl (C=O) groups is 2. The average Bonchev–Trinajstić information content (AvgIpc) is 2.53. The number of carboxylic acids is 1. The molecule has 10 heteroatoms. The maximum atomic E-state index is 11.8. The second-order valence-electron chi connectivity index (χ2n) is 5.22. The third-order valence-electron chi connectivity index (χ3n) is 3.76. The first-order valence-corrected chi connectivity index (χ1v) is 7.80. The molecule has 1 unspecified atom stereocenters. The minimum Gasteiger partial charge on any atom is -0.543 e. The summed E-state index contributed by atoms with van der Waals surface area (Å²) in [7, 11) is 0. The van der Waals surface area contributed by atoms with Crippen LogP contribution < -0.4 is 15.4 Å². The first kappa shape index (κ1) is 20.7. The minimum atomic E-state index is -1.36. The Morgan fingerprint density at radius 1 is 1.50 bits per heavy atom. The SMILES string of the molecule is Cl.Cl.NC1C(=O)N2C(C(=O)[O-])=C(C[n+]3cccc(CO)c3)CS[C@H]12. The molecule has 2 atom stereocenters.